The van der Waals surface area contributed by atoms with Gasteiger partial charge in [0.05, 0.1) is 12.1 Å². The van der Waals surface area contributed by atoms with Crippen LogP contribution in [0.4, 0.5) is 8.78 Å². The van der Waals surface area contributed by atoms with Gasteiger partial charge in [0, 0.05) is 37.0 Å². The van der Waals surface area contributed by atoms with Crippen molar-refractivity contribution in [2.75, 3.05) is 6.54 Å². The molecule has 1 saturated heterocycles. The molecule has 1 fully saturated rings. The van der Waals surface area contributed by atoms with Gasteiger partial charge in [-0.25, -0.2) is 8.78 Å². The molecule has 1 N–H and O–H groups in total. The van der Waals surface area contributed by atoms with Crippen molar-refractivity contribution in [3.8, 4) is 0 Å². The van der Waals surface area contributed by atoms with E-state index >= 15 is 0 Å². The number of amides is 1. The predicted octanol–water partition coefficient (Wildman–Crippen LogP) is 1.61. The van der Waals surface area contributed by atoms with Crippen LogP contribution in [0.3, 0.4) is 0 Å². The summed E-state index contributed by atoms with van der Waals surface area (Å²) >= 11 is 0. The van der Waals surface area contributed by atoms with Crippen molar-refractivity contribution in [2.24, 2.45) is 7.05 Å². The lowest BCUT2D eigenvalue weighted by molar-refractivity contribution is 0.0713. The lowest BCUT2D eigenvalue weighted by Crippen LogP contribution is -2.33. The number of rotatable bonds is 2. The molecule has 1 aromatic heterocycles. The summed E-state index contributed by atoms with van der Waals surface area (Å²) in [5.41, 5.74) is -0.188. The molecular weight excluding hydrogens is 318 g/mol. The number of benzene rings is 1. The maximum atomic E-state index is 14.1. The van der Waals surface area contributed by atoms with Crippen molar-refractivity contribution in [3.63, 3.8) is 0 Å². The van der Waals surface area contributed by atoms with Crippen LogP contribution in [0, 0.1) is 11.6 Å². The summed E-state index contributed by atoms with van der Waals surface area (Å²) in [5.74, 6) is -1.76. The zero-order chi connectivity index (χ0) is 17.4. The summed E-state index contributed by atoms with van der Waals surface area (Å²) in [5, 5.41) is 9.91. The Kier molecular flexibility index (Phi) is 4.19. The third-order valence-corrected chi connectivity index (χ3v) is 4.21. The fourth-order valence-corrected chi connectivity index (χ4v) is 2.95. The molecule has 0 unspecified atom stereocenters. The van der Waals surface area contributed by atoms with E-state index < -0.39 is 29.7 Å². The topological polar surface area (TPSA) is 62.5 Å². The Morgan fingerprint density at radius 1 is 1.25 bits per heavy atom. The summed E-state index contributed by atoms with van der Waals surface area (Å²) in [7, 11) is 1.56. The zero-order valence-corrected chi connectivity index (χ0v) is 12.9. The molecule has 1 aliphatic rings. The number of carbonyl (C=O) groups is 1. The van der Waals surface area contributed by atoms with Crippen molar-refractivity contribution >= 4 is 5.91 Å². The maximum Gasteiger partial charge on any atom is 0.254 e. The van der Waals surface area contributed by atoms with Crippen LogP contribution in [-0.4, -0.2) is 33.1 Å². The first kappa shape index (κ1) is 16.3. The summed E-state index contributed by atoms with van der Waals surface area (Å²) in [6.45, 7) is -0.00529. The second-order valence-corrected chi connectivity index (χ2v) is 5.89. The Morgan fingerprint density at radius 3 is 2.71 bits per heavy atom. The van der Waals surface area contributed by atoms with Gasteiger partial charge in [-0.05, 0) is 30.7 Å². The number of halogens is 2. The summed E-state index contributed by atoms with van der Waals surface area (Å²) < 4.78 is 28.9. The van der Waals surface area contributed by atoms with Crippen LogP contribution < -0.4 is 5.56 Å². The van der Waals surface area contributed by atoms with Gasteiger partial charge in [0.25, 0.3) is 11.5 Å². The molecule has 2 heterocycles. The van der Waals surface area contributed by atoms with Crippen LogP contribution in [0.1, 0.15) is 28.4 Å². The van der Waals surface area contributed by atoms with Gasteiger partial charge in [-0.15, -0.1) is 0 Å². The van der Waals surface area contributed by atoms with E-state index in [4.69, 9.17) is 0 Å². The Labute approximate surface area is 136 Å². The molecule has 126 valence electrons. The lowest BCUT2D eigenvalue weighted by atomic mass is 10.0. The first-order valence-electron chi connectivity index (χ1n) is 7.47. The number of hydrogen-bond acceptors (Lipinski definition) is 3. The van der Waals surface area contributed by atoms with Crippen LogP contribution in [0.25, 0.3) is 0 Å². The number of aliphatic hydroxyl groups excluding tert-OH is 1. The predicted molar refractivity (Wildman–Crippen MR) is 82.4 cm³/mol. The monoisotopic (exact) mass is 334 g/mol. The number of hydrogen-bond donors (Lipinski definition) is 1. The number of aromatic nitrogens is 1. The standard InChI is InChI=1S/C17H16F2N2O3/c1-20-5-4-10(6-16(20)23)17(24)21-9-12(22)8-15(21)13-7-11(18)2-3-14(13)19/h2-7,12,15,22H,8-9H2,1H3/t12-,15-/m1/s1. The Hall–Kier alpha value is -2.54. The summed E-state index contributed by atoms with van der Waals surface area (Å²) in [6, 6.07) is 4.90. The molecule has 0 aliphatic carbocycles. The van der Waals surface area contributed by atoms with Gasteiger partial charge in [-0.2, -0.15) is 0 Å². The highest BCUT2D eigenvalue weighted by Crippen LogP contribution is 2.35. The van der Waals surface area contributed by atoms with Crippen LogP contribution in [0.2, 0.25) is 0 Å². The molecule has 2 atom stereocenters. The third kappa shape index (κ3) is 2.94. The molecule has 0 radical (unpaired) electrons. The number of β-amino-alcohol motifs (C(OH)–C–C–N with tert-alkyl or cyclic N) is 1. The van der Waals surface area contributed by atoms with Crippen LogP contribution in [0.15, 0.2) is 41.3 Å². The molecular formula is C17H16F2N2O3. The summed E-state index contributed by atoms with van der Waals surface area (Å²) in [4.78, 5) is 25.7. The largest absolute Gasteiger partial charge is 0.391 e. The molecule has 1 amide bonds. The SMILES string of the molecule is Cn1ccc(C(=O)N2C[C@H](O)C[C@@H]2c2cc(F)ccc2F)cc1=O. The van der Waals surface area contributed by atoms with E-state index in [0.29, 0.717) is 0 Å². The summed E-state index contributed by atoms with van der Waals surface area (Å²) in [6.07, 6.45) is 0.727. The number of nitrogens with zero attached hydrogens (tertiary/aromatic N) is 2. The molecule has 0 saturated carbocycles. The number of aliphatic hydroxyl groups is 1. The molecule has 1 aromatic carbocycles. The highest BCUT2D eigenvalue weighted by atomic mass is 19.1. The van der Waals surface area contributed by atoms with E-state index in [0.717, 1.165) is 18.2 Å². The van der Waals surface area contributed by atoms with Gasteiger partial charge in [-0.3, -0.25) is 9.59 Å². The van der Waals surface area contributed by atoms with Crippen LogP contribution >= 0.6 is 0 Å². The molecule has 0 spiro atoms. The minimum Gasteiger partial charge on any atom is -0.391 e. The average molecular weight is 334 g/mol. The number of likely N-dealkylation sites (tertiary alicyclic amines) is 1. The van der Waals surface area contributed by atoms with Gasteiger partial charge >= 0.3 is 0 Å². The van der Waals surface area contributed by atoms with E-state index in [-0.39, 0.29) is 29.7 Å². The van der Waals surface area contributed by atoms with Gasteiger partial charge < -0.3 is 14.6 Å². The van der Waals surface area contributed by atoms with Gasteiger partial charge in [0.1, 0.15) is 11.6 Å². The van der Waals surface area contributed by atoms with Crippen LogP contribution in [-0.2, 0) is 7.05 Å². The minimum absolute atomic E-state index is 0.00529. The molecule has 5 nitrogen and oxygen atoms in total. The first-order valence-corrected chi connectivity index (χ1v) is 7.47. The second-order valence-electron chi connectivity index (χ2n) is 5.89. The highest BCUT2D eigenvalue weighted by molar-refractivity contribution is 5.94. The van der Waals surface area contributed by atoms with Crippen molar-refractivity contribution in [1.82, 2.24) is 9.47 Å². The molecule has 3 rings (SSSR count). The zero-order valence-electron chi connectivity index (χ0n) is 12.9. The average Bonchev–Trinajstić information content (AvgIpc) is 2.93. The number of aryl methyl sites for hydroxylation is 1. The lowest BCUT2D eigenvalue weighted by Gasteiger charge is -2.25. The molecule has 7 heteroatoms. The van der Waals surface area contributed by atoms with E-state index in [9.17, 15) is 23.5 Å². The Bertz CT molecular complexity index is 850. The first-order chi connectivity index (χ1) is 11.4. The van der Waals surface area contributed by atoms with E-state index in [1.165, 1.54) is 27.8 Å². The maximum absolute atomic E-state index is 14.1. The third-order valence-electron chi connectivity index (χ3n) is 4.21. The fourth-order valence-electron chi connectivity index (χ4n) is 2.95. The van der Waals surface area contributed by atoms with E-state index in [1.54, 1.807) is 7.05 Å². The molecule has 2 aromatic rings. The molecule has 24 heavy (non-hydrogen) atoms. The Morgan fingerprint density at radius 2 is 2.00 bits per heavy atom. The van der Waals surface area contributed by atoms with Gasteiger partial charge in [-0.1, -0.05) is 0 Å². The number of carbonyl (C=O) groups excluding carboxylic acids is 1. The van der Waals surface area contributed by atoms with Crippen molar-refractivity contribution in [2.45, 2.75) is 18.6 Å². The van der Waals surface area contributed by atoms with Crippen molar-refractivity contribution < 1.29 is 18.7 Å². The van der Waals surface area contributed by atoms with Crippen molar-refractivity contribution in [1.29, 1.82) is 0 Å². The van der Waals surface area contributed by atoms with Gasteiger partial charge in [0.15, 0.2) is 0 Å². The molecule has 0 bridgehead atoms. The molecule has 1 aliphatic heterocycles. The normalized spacial score (nSPS) is 20.4. The second kappa shape index (κ2) is 6.16. The smallest absolute Gasteiger partial charge is 0.254 e. The van der Waals surface area contributed by atoms with E-state index in [2.05, 4.69) is 0 Å². The van der Waals surface area contributed by atoms with Gasteiger partial charge in [0.2, 0.25) is 0 Å². The highest BCUT2D eigenvalue weighted by Gasteiger charge is 2.37. The van der Waals surface area contributed by atoms with Crippen LogP contribution in [0.5, 0.6) is 0 Å². The quantitative estimate of drug-likeness (QED) is 0.908. The Balaban J connectivity index is 1.98. The van der Waals surface area contributed by atoms with Crippen molar-refractivity contribution in [3.05, 3.63) is 69.6 Å². The van der Waals surface area contributed by atoms with E-state index in [1.807, 2.05) is 0 Å². The number of pyridine rings is 1. The fraction of sp³-hybridized carbons (Fsp3) is 0.294. The minimum atomic E-state index is -0.840.